The van der Waals surface area contributed by atoms with Crippen LogP contribution in [0, 0.1) is 0 Å². The van der Waals surface area contributed by atoms with Gasteiger partial charge in [0.1, 0.15) is 0 Å². The minimum atomic E-state index is 0.750. The van der Waals surface area contributed by atoms with E-state index in [0.717, 1.165) is 7.11 Å². The Morgan fingerprint density at radius 1 is 1.67 bits per heavy atom. The van der Waals surface area contributed by atoms with E-state index in [1.165, 1.54) is 0 Å². The van der Waals surface area contributed by atoms with Gasteiger partial charge >= 0.3 is 34.4 Å². The fourth-order valence-electron chi connectivity index (χ4n) is 0. The van der Waals surface area contributed by atoms with Crippen molar-refractivity contribution in [3.63, 3.8) is 0 Å². The maximum atomic E-state index is 8.25. The summed E-state index contributed by atoms with van der Waals surface area (Å²) in [5.41, 5.74) is 2.40. The fraction of sp³-hybridized carbons (Fsp3) is 0.250. The largest absolute Gasteiger partial charge is 0.857 e. The van der Waals surface area contributed by atoms with E-state index in [-0.39, 0.29) is 0 Å². The van der Waals surface area contributed by atoms with Gasteiger partial charge in [-0.2, -0.15) is 7.11 Å². The standard InChI is InChI=1S/C3H2.CH3O.Ru/c1-3-2;1-2;/h1H2;1H3;/q;-1;+1. The molecule has 0 aromatic carbocycles. The molecule has 1 nitrogen and oxygen atoms in total. The van der Waals surface area contributed by atoms with Gasteiger partial charge in [0.15, 0.2) is 0 Å². The molecule has 0 atom stereocenters. The predicted molar refractivity (Wildman–Crippen MR) is 20.1 cm³/mol. The molecule has 0 radical (unpaired) electrons. The Balaban J connectivity index is 0. The van der Waals surface area contributed by atoms with Gasteiger partial charge < -0.3 is 5.11 Å². The van der Waals surface area contributed by atoms with Crippen LogP contribution in [0.5, 0.6) is 0 Å². The van der Waals surface area contributed by atoms with E-state index in [1.54, 1.807) is 0 Å². The molecule has 35 valence electrons. The van der Waals surface area contributed by atoms with E-state index in [1.807, 2.05) is 0 Å². The minimum absolute atomic E-state index is 0.750. The average molecular weight is 170 g/mol. The van der Waals surface area contributed by atoms with E-state index in [0.29, 0.717) is 0 Å². The third-order valence-electron chi connectivity index (χ3n) is 0.0625. The fourth-order valence-corrected chi connectivity index (χ4v) is 0. The number of hydrogen-bond donors (Lipinski definition) is 0. The molecular weight excluding hydrogens is 165 g/mol. The first-order valence-electron chi connectivity index (χ1n) is 1.19. The van der Waals surface area contributed by atoms with Crippen molar-refractivity contribution < 1.29 is 23.0 Å². The van der Waals surface area contributed by atoms with E-state index in [2.05, 4.69) is 34.4 Å². The maximum Gasteiger partial charge on any atom is -0.153 e. The third kappa shape index (κ3) is 35.5. The first kappa shape index (κ1) is 9.38. The molecule has 0 aliphatic rings. The van der Waals surface area contributed by atoms with Gasteiger partial charge in [-0.05, 0) is 0 Å². The van der Waals surface area contributed by atoms with Crippen LogP contribution in [0.1, 0.15) is 0 Å². The molecule has 0 saturated heterocycles. The van der Waals surface area contributed by atoms with Crippen molar-refractivity contribution in [3.8, 4) is 0 Å². The van der Waals surface area contributed by atoms with Crippen molar-refractivity contribution in [2.45, 2.75) is 0 Å². The molecule has 0 aliphatic heterocycles. The monoisotopic (exact) mass is 171 g/mol. The molecule has 0 bridgehead atoms. The summed E-state index contributed by atoms with van der Waals surface area (Å²) in [7, 11) is 0.750. The normalized spacial score (nSPS) is 3.00. The second-order valence-electron chi connectivity index (χ2n) is 0.265. The molecular formula is C4H5ORu. The van der Waals surface area contributed by atoms with Crippen LogP contribution in [0.15, 0.2) is 12.3 Å². The quantitative estimate of drug-likeness (QED) is 0.346. The van der Waals surface area contributed by atoms with Crippen LogP contribution in [0.2, 0.25) is 0 Å². The average Bonchev–Trinajstić information content (AvgIpc) is 1.72. The van der Waals surface area contributed by atoms with Crippen LogP contribution in [-0.4, -0.2) is 11.4 Å². The van der Waals surface area contributed by atoms with Crippen molar-refractivity contribution >= 4 is 4.26 Å². The van der Waals surface area contributed by atoms with Crippen molar-refractivity contribution in [1.82, 2.24) is 0 Å². The zero-order valence-corrected chi connectivity index (χ0v) is 5.21. The Kier molecular flexibility index (Phi) is 31.2. The Morgan fingerprint density at radius 2 is 1.83 bits per heavy atom. The summed E-state index contributed by atoms with van der Waals surface area (Å²) in [6.45, 7) is 3.23. The summed E-state index contributed by atoms with van der Waals surface area (Å²) in [5.74, 6) is 0. The van der Waals surface area contributed by atoms with Gasteiger partial charge in [-0.3, -0.25) is 0 Å². The molecule has 0 aromatic rings. The van der Waals surface area contributed by atoms with E-state index >= 15 is 0 Å². The zero-order valence-electron chi connectivity index (χ0n) is 3.47. The van der Waals surface area contributed by atoms with Crippen molar-refractivity contribution in [3.05, 3.63) is 12.3 Å². The molecule has 6 heavy (non-hydrogen) atoms. The Bertz CT molecular complexity index is 57.6. The molecule has 0 spiro atoms. The van der Waals surface area contributed by atoms with Gasteiger partial charge in [-0.25, -0.2) is 0 Å². The van der Waals surface area contributed by atoms with Gasteiger partial charge in [0.25, 0.3) is 0 Å². The molecule has 0 unspecified atom stereocenters. The summed E-state index contributed by atoms with van der Waals surface area (Å²) in [4.78, 5) is 0. The van der Waals surface area contributed by atoms with Crippen molar-refractivity contribution in [2.24, 2.45) is 0 Å². The first-order chi connectivity index (χ1) is 2.91. The Hall–Kier alpha value is 0.0134. The molecule has 0 aliphatic carbocycles. The Labute approximate surface area is 47.2 Å². The van der Waals surface area contributed by atoms with E-state index in [9.17, 15) is 0 Å². The number of hydrogen-bond acceptors (Lipinski definition) is 1. The van der Waals surface area contributed by atoms with Gasteiger partial charge in [-0.15, -0.1) is 0 Å². The van der Waals surface area contributed by atoms with Crippen LogP contribution < -0.4 is 5.11 Å². The molecule has 0 aromatic heterocycles. The van der Waals surface area contributed by atoms with E-state index in [4.69, 9.17) is 5.11 Å². The van der Waals surface area contributed by atoms with Crippen molar-refractivity contribution in [1.29, 1.82) is 0 Å². The van der Waals surface area contributed by atoms with Crippen molar-refractivity contribution in [2.75, 3.05) is 7.11 Å². The van der Waals surface area contributed by atoms with Crippen LogP contribution in [-0.2, 0) is 17.9 Å². The SMILES string of the molecule is C=C=[C]=[Ru+].C[O-]. The van der Waals surface area contributed by atoms with Gasteiger partial charge in [-0.1, -0.05) is 0 Å². The molecule has 0 amide bonds. The summed E-state index contributed by atoms with van der Waals surface area (Å²) in [6.07, 6.45) is 0. The summed E-state index contributed by atoms with van der Waals surface area (Å²) in [5, 5.41) is 8.25. The molecule has 0 heterocycles. The number of rotatable bonds is 0. The van der Waals surface area contributed by atoms with Gasteiger partial charge in [0.2, 0.25) is 0 Å². The zero-order chi connectivity index (χ0) is 5.41. The van der Waals surface area contributed by atoms with Gasteiger partial charge in [0, 0.05) is 0 Å². The second-order valence-corrected chi connectivity index (χ2v) is 0.700. The third-order valence-corrected chi connectivity index (χ3v) is 0.370. The van der Waals surface area contributed by atoms with Crippen LogP contribution in [0.3, 0.4) is 0 Å². The van der Waals surface area contributed by atoms with E-state index < -0.39 is 0 Å². The Morgan fingerprint density at radius 3 is 1.83 bits per heavy atom. The topological polar surface area (TPSA) is 23.1 Å². The van der Waals surface area contributed by atoms with Crippen LogP contribution >= 0.6 is 0 Å². The minimum Gasteiger partial charge on any atom is -0.857 e. The molecule has 2 heteroatoms. The van der Waals surface area contributed by atoms with Crippen LogP contribution in [0.4, 0.5) is 0 Å². The molecule has 0 rings (SSSR count). The predicted octanol–water partition coefficient (Wildman–Crippen LogP) is -0.748. The molecule has 0 N–H and O–H groups in total. The molecule has 0 saturated carbocycles. The van der Waals surface area contributed by atoms with Gasteiger partial charge in [0.05, 0.1) is 0 Å². The second kappa shape index (κ2) is 19.9. The summed E-state index contributed by atoms with van der Waals surface area (Å²) < 4.78 is 2.50. The summed E-state index contributed by atoms with van der Waals surface area (Å²) in [6, 6.07) is 0. The molecule has 0 fully saturated rings. The smallest absolute Gasteiger partial charge is 0.153 e. The first-order valence-corrected chi connectivity index (χ1v) is 2.06. The summed E-state index contributed by atoms with van der Waals surface area (Å²) >= 11 is 2.16. The maximum absolute atomic E-state index is 8.25. The van der Waals surface area contributed by atoms with Crippen LogP contribution in [0.25, 0.3) is 0 Å².